The van der Waals surface area contributed by atoms with Crippen LogP contribution in [0.2, 0.25) is 0 Å². The zero-order valence-electron chi connectivity index (χ0n) is 21.7. The number of benzene rings is 1. The molecule has 37 heavy (non-hydrogen) atoms. The van der Waals surface area contributed by atoms with Gasteiger partial charge in [-0.25, -0.2) is 9.48 Å². The van der Waals surface area contributed by atoms with Crippen LogP contribution in [0.15, 0.2) is 35.1 Å². The molecule has 0 bridgehead atoms. The number of nitrogens with one attached hydrogen (secondary N) is 3. The van der Waals surface area contributed by atoms with Gasteiger partial charge in [-0.3, -0.25) is 34.1 Å². The lowest BCUT2D eigenvalue weighted by molar-refractivity contribution is -0.131. The van der Waals surface area contributed by atoms with Crippen molar-refractivity contribution in [3.63, 3.8) is 0 Å². The van der Waals surface area contributed by atoms with Crippen molar-refractivity contribution in [3.05, 3.63) is 46.4 Å². The highest BCUT2D eigenvalue weighted by atomic mass is 16.2. The molecular formula is C26H34N6O5. The Balaban J connectivity index is 1.82. The van der Waals surface area contributed by atoms with Crippen LogP contribution in [-0.4, -0.2) is 50.7 Å². The van der Waals surface area contributed by atoms with Crippen molar-refractivity contribution in [2.24, 2.45) is 7.05 Å². The van der Waals surface area contributed by atoms with Crippen LogP contribution in [0.3, 0.4) is 0 Å². The van der Waals surface area contributed by atoms with Crippen LogP contribution in [0.1, 0.15) is 58.1 Å². The van der Waals surface area contributed by atoms with Crippen LogP contribution >= 0.6 is 0 Å². The van der Waals surface area contributed by atoms with Crippen LogP contribution in [0.4, 0.5) is 10.5 Å². The van der Waals surface area contributed by atoms with E-state index in [0.717, 1.165) is 25.7 Å². The van der Waals surface area contributed by atoms with Crippen molar-refractivity contribution < 1.29 is 19.2 Å². The fourth-order valence-electron chi connectivity index (χ4n) is 5.16. The van der Waals surface area contributed by atoms with Gasteiger partial charge in [0.05, 0.1) is 17.8 Å². The summed E-state index contributed by atoms with van der Waals surface area (Å²) in [6, 6.07) is 7.23. The van der Waals surface area contributed by atoms with E-state index in [1.165, 1.54) is 9.58 Å². The Kier molecular flexibility index (Phi) is 7.24. The van der Waals surface area contributed by atoms with Gasteiger partial charge in [0.25, 0.3) is 11.5 Å². The second-order valence-electron chi connectivity index (χ2n) is 9.94. The maximum atomic E-state index is 13.9. The van der Waals surface area contributed by atoms with Gasteiger partial charge in [0.2, 0.25) is 11.8 Å². The Morgan fingerprint density at radius 3 is 2.35 bits per heavy atom. The number of aromatic nitrogens is 2. The van der Waals surface area contributed by atoms with Crippen LogP contribution in [-0.2, 0) is 21.4 Å². The zero-order valence-corrected chi connectivity index (χ0v) is 21.7. The summed E-state index contributed by atoms with van der Waals surface area (Å²) in [7, 11) is 1.71. The average Bonchev–Trinajstić information content (AvgIpc) is 3.55. The standard InChI is InChI=1S/C26H34N6O5/c1-5-26(3,24(36)27-17-11-9-10-12-17)31(20(33)15-19-22(34)29-25(37)28-19)21-16(2)30(4)32(23(21)35)18-13-7-6-8-14-18/h6-8,13-14,17,19H,5,9-12,15H2,1-4H3,(H,27,36)(H2,28,29,34,37). The molecule has 1 aromatic heterocycles. The molecule has 11 heteroatoms. The highest BCUT2D eigenvalue weighted by molar-refractivity contribution is 6.09. The molecule has 2 unspecified atom stereocenters. The van der Waals surface area contributed by atoms with Gasteiger partial charge in [-0.15, -0.1) is 0 Å². The maximum absolute atomic E-state index is 13.9. The lowest BCUT2D eigenvalue weighted by Gasteiger charge is -2.39. The number of nitrogens with zero attached hydrogens (tertiary/aromatic N) is 3. The van der Waals surface area contributed by atoms with E-state index >= 15 is 0 Å². The molecule has 1 saturated heterocycles. The number of carbonyl (C=O) groups is 4. The largest absolute Gasteiger partial charge is 0.351 e. The summed E-state index contributed by atoms with van der Waals surface area (Å²) in [6.45, 7) is 5.14. The summed E-state index contributed by atoms with van der Waals surface area (Å²) in [6.07, 6.45) is 3.58. The van der Waals surface area contributed by atoms with Crippen molar-refractivity contribution in [1.82, 2.24) is 25.3 Å². The minimum Gasteiger partial charge on any atom is -0.351 e. The first kappa shape index (κ1) is 26.2. The second kappa shape index (κ2) is 10.2. The predicted molar refractivity (Wildman–Crippen MR) is 137 cm³/mol. The van der Waals surface area contributed by atoms with Crippen LogP contribution in [0, 0.1) is 6.92 Å². The molecule has 198 valence electrons. The number of anilines is 1. The Bertz CT molecular complexity index is 1280. The van der Waals surface area contributed by atoms with Gasteiger partial charge in [-0.05, 0) is 45.2 Å². The van der Waals surface area contributed by atoms with Gasteiger partial charge >= 0.3 is 6.03 Å². The molecule has 2 aromatic rings. The van der Waals surface area contributed by atoms with Gasteiger partial charge < -0.3 is 10.6 Å². The summed E-state index contributed by atoms with van der Waals surface area (Å²) in [5.74, 6) is -1.60. The third kappa shape index (κ3) is 4.77. The van der Waals surface area contributed by atoms with Gasteiger partial charge in [0.1, 0.15) is 17.3 Å². The third-order valence-electron chi connectivity index (χ3n) is 7.60. The number of carbonyl (C=O) groups excluding carboxylic acids is 4. The van der Waals surface area contributed by atoms with E-state index in [0.29, 0.717) is 11.4 Å². The maximum Gasteiger partial charge on any atom is 0.322 e. The number of rotatable bonds is 8. The first-order chi connectivity index (χ1) is 17.6. The highest BCUT2D eigenvalue weighted by Crippen LogP contribution is 2.31. The summed E-state index contributed by atoms with van der Waals surface area (Å²) < 4.78 is 3.09. The van der Waals surface area contributed by atoms with E-state index in [4.69, 9.17) is 0 Å². The van der Waals surface area contributed by atoms with Crippen molar-refractivity contribution in [2.45, 2.75) is 76.9 Å². The van der Waals surface area contributed by atoms with Crippen LogP contribution < -0.4 is 26.4 Å². The summed E-state index contributed by atoms with van der Waals surface area (Å²) in [4.78, 5) is 66.7. The van der Waals surface area contributed by atoms with Gasteiger partial charge in [-0.2, -0.15) is 0 Å². The normalized spacial score (nSPS) is 19.3. The average molecular weight is 511 g/mol. The third-order valence-corrected chi connectivity index (χ3v) is 7.60. The summed E-state index contributed by atoms with van der Waals surface area (Å²) in [5, 5.41) is 7.64. The Morgan fingerprint density at radius 2 is 1.78 bits per heavy atom. The minimum absolute atomic E-state index is 0.00747. The van der Waals surface area contributed by atoms with Crippen molar-refractivity contribution in [2.75, 3.05) is 4.90 Å². The predicted octanol–water partition coefficient (Wildman–Crippen LogP) is 1.64. The van der Waals surface area contributed by atoms with Crippen molar-refractivity contribution in [1.29, 1.82) is 0 Å². The molecule has 0 radical (unpaired) electrons. The smallest absolute Gasteiger partial charge is 0.322 e. The van der Waals surface area contributed by atoms with Gasteiger partial charge in [0, 0.05) is 13.1 Å². The lowest BCUT2D eigenvalue weighted by atomic mass is 9.92. The molecule has 3 N–H and O–H groups in total. The molecule has 1 aliphatic heterocycles. The Labute approximate surface area is 215 Å². The van der Waals surface area contributed by atoms with Gasteiger partial charge in [-0.1, -0.05) is 38.0 Å². The molecule has 5 amide bonds. The SMILES string of the molecule is CCC(C)(C(=O)NC1CCCC1)N(C(=O)CC1NC(=O)NC1=O)c1c(C)n(C)n(-c2ccccc2)c1=O. The van der Waals surface area contributed by atoms with E-state index in [9.17, 15) is 24.0 Å². The molecule has 0 spiro atoms. The Morgan fingerprint density at radius 1 is 1.14 bits per heavy atom. The van der Waals surface area contributed by atoms with Crippen LogP contribution in [0.5, 0.6) is 0 Å². The molecule has 2 atom stereocenters. The molecule has 1 aliphatic carbocycles. The number of imide groups is 1. The van der Waals surface area contributed by atoms with Gasteiger partial charge in [0.15, 0.2) is 0 Å². The first-order valence-corrected chi connectivity index (χ1v) is 12.7. The quantitative estimate of drug-likeness (QED) is 0.464. The number of hydrogen-bond acceptors (Lipinski definition) is 5. The van der Waals surface area contributed by atoms with Crippen LogP contribution in [0.25, 0.3) is 5.69 Å². The fourth-order valence-corrected chi connectivity index (χ4v) is 5.16. The molecular weight excluding hydrogens is 476 g/mol. The minimum atomic E-state index is -1.42. The number of hydrogen-bond donors (Lipinski definition) is 3. The molecule has 11 nitrogen and oxygen atoms in total. The van der Waals surface area contributed by atoms with Crippen molar-refractivity contribution in [3.8, 4) is 5.69 Å². The number of para-hydroxylation sites is 1. The lowest BCUT2D eigenvalue weighted by Crippen LogP contribution is -2.62. The summed E-state index contributed by atoms with van der Waals surface area (Å²) >= 11 is 0. The van der Waals surface area contributed by atoms with E-state index < -0.39 is 41.4 Å². The second-order valence-corrected chi connectivity index (χ2v) is 9.94. The molecule has 2 heterocycles. The monoisotopic (exact) mass is 510 g/mol. The van der Waals surface area contributed by atoms with E-state index in [2.05, 4.69) is 16.0 Å². The van der Waals surface area contributed by atoms with E-state index in [1.54, 1.807) is 56.8 Å². The molecule has 2 fully saturated rings. The Hall–Kier alpha value is -3.89. The number of amides is 5. The topological polar surface area (TPSA) is 135 Å². The molecule has 1 saturated carbocycles. The fraction of sp³-hybridized carbons (Fsp3) is 0.500. The molecule has 1 aromatic carbocycles. The molecule has 4 rings (SSSR count). The highest BCUT2D eigenvalue weighted by Gasteiger charge is 2.46. The first-order valence-electron chi connectivity index (χ1n) is 12.7. The summed E-state index contributed by atoms with van der Waals surface area (Å²) in [5.41, 5.74) is -0.735. The van der Waals surface area contributed by atoms with Crippen molar-refractivity contribution >= 4 is 29.4 Å². The van der Waals surface area contributed by atoms with E-state index in [1.807, 2.05) is 6.07 Å². The molecule has 2 aliphatic rings. The number of urea groups is 1. The zero-order chi connectivity index (χ0) is 26.9. The van der Waals surface area contributed by atoms with E-state index in [-0.39, 0.29) is 24.1 Å².